The molecule has 1 N–H and O–H groups in total. The number of rotatable bonds is 2. The molecule has 0 aromatic heterocycles. The summed E-state index contributed by atoms with van der Waals surface area (Å²) in [6.45, 7) is 6.28. The first-order valence-corrected chi connectivity index (χ1v) is 6.62. The Bertz CT molecular complexity index is 390. The maximum Gasteiger partial charge on any atom is 0.330 e. The molecule has 17 heavy (non-hydrogen) atoms. The van der Waals surface area contributed by atoms with Crippen LogP contribution in [0.15, 0.2) is 22.8 Å². The van der Waals surface area contributed by atoms with Gasteiger partial charge in [-0.3, -0.25) is 0 Å². The molecule has 0 saturated heterocycles. The summed E-state index contributed by atoms with van der Waals surface area (Å²) in [6, 6.07) is 0. The van der Waals surface area contributed by atoms with Crippen LogP contribution in [0.5, 0.6) is 0 Å². The summed E-state index contributed by atoms with van der Waals surface area (Å²) in [6.07, 6.45) is 6.81. The van der Waals surface area contributed by atoms with Crippen LogP contribution in [0.25, 0.3) is 0 Å². The molecule has 1 fully saturated rings. The Hall–Kier alpha value is -1.05. The van der Waals surface area contributed by atoms with E-state index in [1.54, 1.807) is 12.5 Å². The van der Waals surface area contributed by atoms with E-state index in [0.717, 1.165) is 12.3 Å². The fourth-order valence-electron chi connectivity index (χ4n) is 3.52. The number of allylic oxidation sites excluding steroid dienone is 3. The van der Waals surface area contributed by atoms with Gasteiger partial charge in [0, 0.05) is 5.57 Å². The number of carboxylic acid groups (broad SMARTS) is 1. The lowest BCUT2D eigenvalue weighted by atomic mass is 9.71. The minimum absolute atomic E-state index is 0.384. The number of aliphatic carboxylic acids is 1. The maximum atomic E-state index is 10.9. The summed E-state index contributed by atoms with van der Waals surface area (Å²) in [5, 5.41) is 8.99. The van der Waals surface area contributed by atoms with Gasteiger partial charge < -0.3 is 5.11 Å². The number of hydrogen-bond acceptors (Lipinski definition) is 1. The zero-order valence-corrected chi connectivity index (χ0v) is 11.0. The highest BCUT2D eigenvalue weighted by Gasteiger charge is 2.35. The van der Waals surface area contributed by atoms with E-state index >= 15 is 0 Å². The van der Waals surface area contributed by atoms with E-state index in [2.05, 4.69) is 13.8 Å². The number of hydrogen-bond donors (Lipinski definition) is 1. The van der Waals surface area contributed by atoms with Gasteiger partial charge in [0.25, 0.3) is 0 Å². The molecular formula is C15H22O2. The monoisotopic (exact) mass is 234 g/mol. The molecule has 2 aliphatic rings. The van der Waals surface area contributed by atoms with Crippen LogP contribution in [0.4, 0.5) is 0 Å². The van der Waals surface area contributed by atoms with Crippen LogP contribution in [0.2, 0.25) is 0 Å². The van der Waals surface area contributed by atoms with E-state index < -0.39 is 5.97 Å². The van der Waals surface area contributed by atoms with Crippen LogP contribution in [0.3, 0.4) is 0 Å². The molecule has 3 atom stereocenters. The molecule has 1 saturated carbocycles. The van der Waals surface area contributed by atoms with Gasteiger partial charge in [0.2, 0.25) is 0 Å². The first kappa shape index (κ1) is 12.4. The molecule has 2 aliphatic carbocycles. The topological polar surface area (TPSA) is 37.3 Å². The van der Waals surface area contributed by atoms with Crippen LogP contribution in [-0.2, 0) is 4.79 Å². The van der Waals surface area contributed by atoms with Gasteiger partial charge in [-0.25, -0.2) is 4.79 Å². The molecule has 1 unspecified atom stereocenters. The third-order valence-electron chi connectivity index (χ3n) is 4.53. The second kappa shape index (κ2) is 4.67. The largest absolute Gasteiger partial charge is 0.478 e. The van der Waals surface area contributed by atoms with Crippen molar-refractivity contribution in [3.8, 4) is 0 Å². The summed E-state index contributed by atoms with van der Waals surface area (Å²) >= 11 is 0. The van der Waals surface area contributed by atoms with E-state index in [1.807, 2.05) is 6.08 Å². The fraction of sp³-hybridized carbons (Fsp3) is 0.667. The molecule has 0 spiro atoms. The van der Waals surface area contributed by atoms with Crippen molar-refractivity contribution in [1.29, 1.82) is 0 Å². The fourth-order valence-corrected chi connectivity index (χ4v) is 3.52. The molecule has 2 nitrogen and oxygen atoms in total. The van der Waals surface area contributed by atoms with Gasteiger partial charge >= 0.3 is 5.97 Å². The average molecular weight is 234 g/mol. The highest BCUT2D eigenvalue weighted by Crippen LogP contribution is 2.48. The molecule has 0 aromatic rings. The minimum atomic E-state index is -0.781. The van der Waals surface area contributed by atoms with Gasteiger partial charge in [0.15, 0.2) is 0 Å². The quantitative estimate of drug-likeness (QED) is 0.583. The lowest BCUT2D eigenvalue weighted by Crippen LogP contribution is -2.23. The van der Waals surface area contributed by atoms with E-state index in [4.69, 9.17) is 5.11 Å². The molecule has 2 rings (SSSR count). The summed E-state index contributed by atoms with van der Waals surface area (Å²) < 4.78 is 0. The third kappa shape index (κ3) is 2.31. The Labute approximate surface area is 103 Å². The van der Waals surface area contributed by atoms with Crippen molar-refractivity contribution in [3.05, 3.63) is 22.8 Å². The first-order chi connectivity index (χ1) is 8.00. The van der Waals surface area contributed by atoms with E-state index in [0.29, 0.717) is 17.4 Å². The third-order valence-corrected chi connectivity index (χ3v) is 4.53. The normalized spacial score (nSPS) is 33.8. The molecule has 0 aromatic carbocycles. The van der Waals surface area contributed by atoms with E-state index in [1.165, 1.54) is 24.8 Å². The Morgan fingerprint density at radius 3 is 2.71 bits per heavy atom. The van der Waals surface area contributed by atoms with Crippen molar-refractivity contribution >= 4 is 5.97 Å². The molecule has 0 bridgehead atoms. The first-order valence-electron chi connectivity index (χ1n) is 6.62. The summed E-state index contributed by atoms with van der Waals surface area (Å²) in [5.41, 5.74) is 3.57. The van der Waals surface area contributed by atoms with Crippen LogP contribution < -0.4 is 0 Å². The van der Waals surface area contributed by atoms with Crippen molar-refractivity contribution in [3.63, 3.8) is 0 Å². The molecule has 0 radical (unpaired) electrons. The predicted molar refractivity (Wildman–Crippen MR) is 68.7 cm³/mol. The van der Waals surface area contributed by atoms with Gasteiger partial charge in [0.05, 0.1) is 0 Å². The lowest BCUT2D eigenvalue weighted by Gasteiger charge is -2.34. The number of fused-ring (bicyclic) bond motifs is 1. The molecule has 0 heterocycles. The lowest BCUT2D eigenvalue weighted by molar-refractivity contribution is -0.132. The van der Waals surface area contributed by atoms with Gasteiger partial charge in [-0.1, -0.05) is 24.1 Å². The molecule has 94 valence electrons. The van der Waals surface area contributed by atoms with Gasteiger partial charge in [-0.2, -0.15) is 0 Å². The molecular weight excluding hydrogens is 212 g/mol. The van der Waals surface area contributed by atoms with Crippen molar-refractivity contribution in [2.75, 3.05) is 0 Å². The molecule has 2 heteroatoms. The second-order valence-corrected chi connectivity index (χ2v) is 5.70. The van der Waals surface area contributed by atoms with Crippen molar-refractivity contribution in [2.45, 2.75) is 46.5 Å². The van der Waals surface area contributed by atoms with Crippen molar-refractivity contribution < 1.29 is 9.90 Å². The zero-order valence-electron chi connectivity index (χ0n) is 11.0. The second-order valence-electron chi connectivity index (χ2n) is 5.70. The average Bonchev–Trinajstić information content (AvgIpc) is 2.66. The summed E-state index contributed by atoms with van der Waals surface area (Å²) in [7, 11) is 0. The SMILES string of the molecule is CC(=C[C@H]1CC[C@H](C)C2CCC(C)=C21)C(=O)O. The summed E-state index contributed by atoms with van der Waals surface area (Å²) in [4.78, 5) is 10.9. The van der Waals surface area contributed by atoms with Gasteiger partial charge in [-0.15, -0.1) is 0 Å². The van der Waals surface area contributed by atoms with E-state index in [-0.39, 0.29) is 0 Å². The minimum Gasteiger partial charge on any atom is -0.478 e. The van der Waals surface area contributed by atoms with Crippen LogP contribution >= 0.6 is 0 Å². The molecule has 0 aliphatic heterocycles. The predicted octanol–water partition coefficient (Wildman–Crippen LogP) is 3.79. The molecule has 0 amide bonds. The standard InChI is InChI=1S/C15H22O2/c1-9-4-6-12(8-11(3)15(16)17)14-10(2)5-7-13(9)14/h8-9,12-13H,4-7H2,1-3H3,(H,16,17)/t9-,12+,13?/m0/s1. The van der Waals surface area contributed by atoms with Crippen LogP contribution in [0.1, 0.15) is 46.5 Å². The zero-order chi connectivity index (χ0) is 12.6. The van der Waals surface area contributed by atoms with Gasteiger partial charge in [0.1, 0.15) is 0 Å². The van der Waals surface area contributed by atoms with Crippen molar-refractivity contribution in [2.24, 2.45) is 17.8 Å². The highest BCUT2D eigenvalue weighted by atomic mass is 16.4. The Morgan fingerprint density at radius 1 is 1.35 bits per heavy atom. The maximum absolute atomic E-state index is 10.9. The van der Waals surface area contributed by atoms with E-state index in [9.17, 15) is 4.79 Å². The Kier molecular flexibility index (Phi) is 3.41. The van der Waals surface area contributed by atoms with Crippen molar-refractivity contribution in [1.82, 2.24) is 0 Å². The Morgan fingerprint density at radius 2 is 2.06 bits per heavy atom. The number of carboxylic acids is 1. The van der Waals surface area contributed by atoms with Crippen LogP contribution in [-0.4, -0.2) is 11.1 Å². The van der Waals surface area contributed by atoms with Crippen LogP contribution in [0, 0.1) is 17.8 Å². The Balaban J connectivity index is 2.27. The van der Waals surface area contributed by atoms with Gasteiger partial charge in [-0.05, 0) is 57.3 Å². The highest BCUT2D eigenvalue weighted by molar-refractivity contribution is 5.85. The summed E-state index contributed by atoms with van der Waals surface area (Å²) in [5.74, 6) is 1.09. The number of carbonyl (C=O) groups is 1. The smallest absolute Gasteiger partial charge is 0.330 e.